The van der Waals surface area contributed by atoms with Crippen molar-refractivity contribution in [1.29, 1.82) is 0 Å². The summed E-state index contributed by atoms with van der Waals surface area (Å²) >= 11 is 0. The van der Waals surface area contributed by atoms with Gasteiger partial charge in [0.25, 0.3) is 0 Å². The van der Waals surface area contributed by atoms with E-state index in [-0.39, 0.29) is 0 Å². The van der Waals surface area contributed by atoms with E-state index in [2.05, 4.69) is 53.5 Å². The molecule has 0 saturated heterocycles. The summed E-state index contributed by atoms with van der Waals surface area (Å²) in [6.07, 6.45) is 8.53. The van der Waals surface area contributed by atoms with Gasteiger partial charge in [0.05, 0.1) is 11.7 Å². The molecule has 1 aliphatic carbocycles. The van der Waals surface area contributed by atoms with E-state index in [0.717, 1.165) is 25.2 Å². The Labute approximate surface area is 127 Å². The zero-order valence-corrected chi connectivity index (χ0v) is 12.9. The van der Waals surface area contributed by atoms with Crippen molar-refractivity contribution in [3.8, 4) is 0 Å². The van der Waals surface area contributed by atoms with E-state index in [1.165, 1.54) is 36.8 Å². The summed E-state index contributed by atoms with van der Waals surface area (Å²) in [5, 5.41) is 8.19. The van der Waals surface area contributed by atoms with Crippen LogP contribution in [-0.2, 0) is 19.5 Å². The third kappa shape index (κ3) is 3.73. The molecule has 0 radical (unpaired) electrons. The van der Waals surface area contributed by atoms with Gasteiger partial charge in [0.1, 0.15) is 0 Å². The number of benzene rings is 1. The Morgan fingerprint density at radius 3 is 2.48 bits per heavy atom. The van der Waals surface area contributed by atoms with Crippen molar-refractivity contribution in [3.05, 3.63) is 53.3 Å². The van der Waals surface area contributed by atoms with Crippen LogP contribution in [0.5, 0.6) is 0 Å². The second kappa shape index (κ2) is 6.90. The first-order chi connectivity index (χ1) is 10.3. The van der Waals surface area contributed by atoms with Crippen LogP contribution in [0.1, 0.15) is 55.5 Å². The van der Waals surface area contributed by atoms with E-state index in [9.17, 15) is 0 Å². The molecule has 0 bridgehead atoms. The Morgan fingerprint density at radius 2 is 1.76 bits per heavy atom. The van der Waals surface area contributed by atoms with Crippen LogP contribution < -0.4 is 5.32 Å². The number of aromatic nitrogens is 2. The molecule has 1 saturated carbocycles. The number of nitrogens with zero attached hydrogens (tertiary/aromatic N) is 2. The van der Waals surface area contributed by atoms with Crippen molar-refractivity contribution >= 4 is 0 Å². The molecule has 0 amide bonds. The summed E-state index contributed by atoms with van der Waals surface area (Å²) in [4.78, 5) is 0. The van der Waals surface area contributed by atoms with Crippen molar-refractivity contribution < 1.29 is 0 Å². The van der Waals surface area contributed by atoms with Gasteiger partial charge in [0.2, 0.25) is 0 Å². The highest BCUT2D eigenvalue weighted by Gasteiger charge is 2.17. The average molecular weight is 283 g/mol. The molecule has 21 heavy (non-hydrogen) atoms. The fraction of sp³-hybridized carbons (Fsp3) is 0.500. The topological polar surface area (TPSA) is 29.9 Å². The highest BCUT2D eigenvalue weighted by Crippen LogP contribution is 2.28. The maximum absolute atomic E-state index is 4.70. The summed E-state index contributed by atoms with van der Waals surface area (Å²) in [6, 6.07) is 11.6. The minimum atomic E-state index is 0.639. The lowest BCUT2D eigenvalue weighted by atomic mass is 10.1. The smallest absolute Gasteiger partial charge is 0.0762 e. The molecule has 1 heterocycles. The van der Waals surface area contributed by atoms with E-state index >= 15 is 0 Å². The molecule has 3 rings (SSSR count). The molecule has 3 heteroatoms. The molecule has 1 aliphatic rings. The maximum Gasteiger partial charge on any atom is 0.0762 e. The van der Waals surface area contributed by atoms with Crippen molar-refractivity contribution in [1.82, 2.24) is 15.1 Å². The lowest BCUT2D eigenvalue weighted by Gasteiger charge is -2.09. The van der Waals surface area contributed by atoms with E-state index in [1.54, 1.807) is 0 Å². The number of hydrogen-bond acceptors (Lipinski definition) is 2. The summed E-state index contributed by atoms with van der Waals surface area (Å²) in [6.45, 7) is 3.93. The predicted octanol–water partition coefficient (Wildman–Crippen LogP) is 3.85. The van der Waals surface area contributed by atoms with Gasteiger partial charge in [0, 0.05) is 19.3 Å². The van der Waals surface area contributed by atoms with Crippen LogP contribution in [0.4, 0.5) is 0 Å². The number of aryl methyl sites for hydroxylation is 1. The van der Waals surface area contributed by atoms with Gasteiger partial charge in [0.15, 0.2) is 0 Å². The van der Waals surface area contributed by atoms with Gasteiger partial charge >= 0.3 is 0 Å². The van der Waals surface area contributed by atoms with Crippen LogP contribution in [0.2, 0.25) is 0 Å². The van der Waals surface area contributed by atoms with E-state index < -0.39 is 0 Å². The van der Waals surface area contributed by atoms with E-state index in [1.807, 2.05) is 0 Å². The third-order valence-electron chi connectivity index (χ3n) is 4.43. The van der Waals surface area contributed by atoms with Crippen LogP contribution in [0.3, 0.4) is 0 Å². The number of nitrogens with one attached hydrogen (secondary N) is 1. The molecule has 0 aliphatic heterocycles. The Balaban J connectivity index is 1.48. The van der Waals surface area contributed by atoms with Gasteiger partial charge in [-0.15, -0.1) is 0 Å². The zero-order valence-electron chi connectivity index (χ0n) is 12.9. The molecule has 0 spiro atoms. The summed E-state index contributed by atoms with van der Waals surface area (Å²) < 4.78 is 2.17. The van der Waals surface area contributed by atoms with Crippen LogP contribution in [0.25, 0.3) is 0 Å². The van der Waals surface area contributed by atoms with Crippen molar-refractivity contribution in [2.75, 3.05) is 0 Å². The lowest BCUT2D eigenvalue weighted by Crippen LogP contribution is -2.14. The summed E-state index contributed by atoms with van der Waals surface area (Å²) in [5.74, 6) is 0. The Kier molecular flexibility index (Phi) is 4.71. The standard InChI is InChI=1S/C18H25N3/c1-2-15-7-9-16(10-8-15)13-19-14-17-11-12-21(20-17)18-5-3-4-6-18/h7-12,18-19H,2-6,13-14H2,1H3. The third-order valence-corrected chi connectivity index (χ3v) is 4.43. The highest BCUT2D eigenvalue weighted by atomic mass is 15.3. The van der Waals surface area contributed by atoms with Gasteiger partial charge in [-0.2, -0.15) is 5.10 Å². The maximum atomic E-state index is 4.70. The van der Waals surface area contributed by atoms with Crippen molar-refractivity contribution in [2.45, 2.75) is 58.2 Å². The second-order valence-corrected chi connectivity index (χ2v) is 6.00. The normalized spacial score (nSPS) is 15.7. The number of rotatable bonds is 6. The lowest BCUT2D eigenvalue weighted by molar-refractivity contribution is 0.461. The van der Waals surface area contributed by atoms with Crippen LogP contribution in [0.15, 0.2) is 36.5 Å². The minimum absolute atomic E-state index is 0.639. The summed E-state index contributed by atoms with van der Waals surface area (Å²) in [5.41, 5.74) is 3.88. The van der Waals surface area contributed by atoms with Crippen LogP contribution in [-0.4, -0.2) is 9.78 Å². The molecule has 0 unspecified atom stereocenters. The quantitative estimate of drug-likeness (QED) is 0.872. The number of hydrogen-bond donors (Lipinski definition) is 1. The van der Waals surface area contributed by atoms with E-state index in [0.29, 0.717) is 6.04 Å². The van der Waals surface area contributed by atoms with Crippen molar-refractivity contribution in [2.24, 2.45) is 0 Å². The first kappa shape index (κ1) is 14.3. The Morgan fingerprint density at radius 1 is 1.05 bits per heavy atom. The van der Waals surface area contributed by atoms with Gasteiger partial charge in [-0.25, -0.2) is 0 Å². The first-order valence-corrected chi connectivity index (χ1v) is 8.17. The molecule has 3 nitrogen and oxygen atoms in total. The Hall–Kier alpha value is -1.61. The first-order valence-electron chi connectivity index (χ1n) is 8.17. The molecule has 1 fully saturated rings. The fourth-order valence-corrected chi connectivity index (χ4v) is 3.07. The van der Waals surface area contributed by atoms with Gasteiger partial charge in [-0.1, -0.05) is 44.0 Å². The van der Waals surface area contributed by atoms with Gasteiger partial charge < -0.3 is 5.32 Å². The molecule has 112 valence electrons. The monoisotopic (exact) mass is 283 g/mol. The Bertz CT molecular complexity index is 550. The molecule has 0 atom stereocenters. The molecule has 2 aromatic rings. The van der Waals surface area contributed by atoms with E-state index in [4.69, 9.17) is 5.10 Å². The highest BCUT2D eigenvalue weighted by molar-refractivity contribution is 5.22. The van der Waals surface area contributed by atoms with Crippen LogP contribution >= 0.6 is 0 Å². The SMILES string of the molecule is CCc1ccc(CNCc2ccn(C3CCCC3)n2)cc1. The fourth-order valence-electron chi connectivity index (χ4n) is 3.07. The van der Waals surface area contributed by atoms with Gasteiger partial charge in [-0.3, -0.25) is 4.68 Å². The molecular weight excluding hydrogens is 258 g/mol. The minimum Gasteiger partial charge on any atom is -0.307 e. The molecule has 1 aromatic heterocycles. The zero-order chi connectivity index (χ0) is 14.5. The van der Waals surface area contributed by atoms with Crippen molar-refractivity contribution in [3.63, 3.8) is 0 Å². The molecular formula is C18H25N3. The van der Waals surface area contributed by atoms with Crippen LogP contribution in [0, 0.1) is 0 Å². The average Bonchev–Trinajstić information content (AvgIpc) is 3.19. The molecule has 1 N–H and O–H groups in total. The molecule has 1 aromatic carbocycles. The largest absolute Gasteiger partial charge is 0.307 e. The second-order valence-electron chi connectivity index (χ2n) is 6.00. The summed E-state index contributed by atoms with van der Waals surface area (Å²) in [7, 11) is 0. The van der Waals surface area contributed by atoms with Gasteiger partial charge in [-0.05, 0) is 36.5 Å². The predicted molar refractivity (Wildman–Crippen MR) is 86.1 cm³/mol.